The van der Waals surface area contributed by atoms with E-state index < -0.39 is 11.9 Å². The van der Waals surface area contributed by atoms with Crippen LogP contribution in [0.2, 0.25) is 5.02 Å². The Hall–Kier alpha value is -5.29. The van der Waals surface area contributed by atoms with Crippen LogP contribution in [0, 0.1) is 0 Å². The zero-order valence-corrected chi connectivity index (χ0v) is 22.9. The van der Waals surface area contributed by atoms with Crippen molar-refractivity contribution >= 4 is 52.0 Å². The molecule has 1 aliphatic rings. The first-order valence-corrected chi connectivity index (χ1v) is 13.5. The molecule has 0 spiro atoms. The maximum atomic E-state index is 13.8. The third-order valence-electron chi connectivity index (χ3n) is 7.32. The number of carbonyl (C=O) groups is 3. The summed E-state index contributed by atoms with van der Waals surface area (Å²) in [6, 6.07) is 21.0. The summed E-state index contributed by atoms with van der Waals surface area (Å²) >= 11 is 6.23. The van der Waals surface area contributed by atoms with E-state index in [0.29, 0.717) is 40.4 Å². The van der Waals surface area contributed by atoms with Gasteiger partial charge < -0.3 is 20.9 Å². The van der Waals surface area contributed by atoms with E-state index in [9.17, 15) is 14.4 Å². The van der Waals surface area contributed by atoms with Crippen molar-refractivity contribution < 1.29 is 14.4 Å². The predicted octanol–water partition coefficient (Wildman–Crippen LogP) is 3.93. The SMILES string of the molecule is NC(=O)c1cc2cc(NC(=O)[C@H]3[C@H](c4ccccc4)CCN3C(=O)/C=C/c3cc(Cl)ccc3-n3cnnn3)ccc2[nH]1. The average Bonchev–Trinajstić information content (AvgIpc) is 3.76. The van der Waals surface area contributed by atoms with Crippen molar-refractivity contribution in [2.24, 2.45) is 5.73 Å². The molecule has 2 atom stereocenters. The third-order valence-corrected chi connectivity index (χ3v) is 7.56. The lowest BCUT2D eigenvalue weighted by Crippen LogP contribution is -2.44. The maximum Gasteiger partial charge on any atom is 0.265 e. The Bertz CT molecular complexity index is 1820. The fourth-order valence-electron chi connectivity index (χ4n) is 5.37. The highest BCUT2D eigenvalue weighted by Gasteiger charge is 2.42. The van der Waals surface area contributed by atoms with Crippen LogP contribution >= 0.6 is 11.6 Å². The second-order valence-corrected chi connectivity index (χ2v) is 10.3. The molecule has 3 aromatic carbocycles. The van der Waals surface area contributed by atoms with Crippen molar-refractivity contribution in [2.75, 3.05) is 11.9 Å². The summed E-state index contributed by atoms with van der Waals surface area (Å²) in [5.74, 6) is -1.41. The van der Waals surface area contributed by atoms with Crippen LogP contribution in [0.25, 0.3) is 22.7 Å². The lowest BCUT2D eigenvalue weighted by molar-refractivity contribution is -0.133. The summed E-state index contributed by atoms with van der Waals surface area (Å²) in [5.41, 5.74) is 9.18. The molecule has 0 unspecified atom stereocenters. The fourth-order valence-corrected chi connectivity index (χ4v) is 5.55. The minimum absolute atomic E-state index is 0.205. The number of fused-ring (bicyclic) bond motifs is 1. The number of nitrogens with one attached hydrogen (secondary N) is 2. The van der Waals surface area contributed by atoms with Gasteiger partial charge >= 0.3 is 0 Å². The molecule has 42 heavy (non-hydrogen) atoms. The van der Waals surface area contributed by atoms with Crippen molar-refractivity contribution in [3.63, 3.8) is 0 Å². The molecule has 11 nitrogen and oxygen atoms in total. The van der Waals surface area contributed by atoms with Crippen molar-refractivity contribution in [1.29, 1.82) is 0 Å². The first-order chi connectivity index (χ1) is 20.4. The summed E-state index contributed by atoms with van der Waals surface area (Å²) in [4.78, 5) is 43.6. The van der Waals surface area contributed by atoms with Gasteiger partial charge in [-0.1, -0.05) is 41.9 Å². The van der Waals surface area contributed by atoms with E-state index in [-0.39, 0.29) is 23.4 Å². The summed E-state index contributed by atoms with van der Waals surface area (Å²) in [5, 5.41) is 15.5. The Balaban J connectivity index is 1.29. The number of aromatic amines is 1. The largest absolute Gasteiger partial charge is 0.364 e. The number of tetrazole rings is 1. The number of carbonyl (C=O) groups excluding carboxylic acids is 3. The molecule has 210 valence electrons. The van der Waals surface area contributed by atoms with Crippen molar-refractivity contribution in [1.82, 2.24) is 30.1 Å². The van der Waals surface area contributed by atoms with E-state index in [1.807, 2.05) is 30.3 Å². The molecule has 3 heterocycles. The highest BCUT2D eigenvalue weighted by atomic mass is 35.5. The number of amides is 3. The number of benzene rings is 3. The average molecular weight is 581 g/mol. The van der Waals surface area contributed by atoms with Gasteiger partial charge in [0.25, 0.3) is 5.91 Å². The second-order valence-electron chi connectivity index (χ2n) is 9.91. The van der Waals surface area contributed by atoms with Crippen LogP contribution in [0.3, 0.4) is 0 Å². The third kappa shape index (κ3) is 5.37. The predicted molar refractivity (Wildman–Crippen MR) is 158 cm³/mol. The molecule has 5 aromatic rings. The standard InChI is InChI=1S/C30H25ClN8O3/c31-21-7-10-26(39-17-33-36-37-39)19(14-21)6-11-27(40)38-13-12-23(18-4-2-1-3-5-18)28(38)30(42)34-22-8-9-24-20(15-22)16-25(35-24)29(32)41/h1-11,14-17,23,28,35H,12-13H2,(H2,32,41)(H,34,42)/b11-6+/t23-,28+/m0/s1. The van der Waals surface area contributed by atoms with E-state index in [1.165, 1.54) is 17.1 Å². The van der Waals surface area contributed by atoms with E-state index >= 15 is 0 Å². The number of rotatable bonds is 7. The van der Waals surface area contributed by atoms with E-state index in [1.54, 1.807) is 53.4 Å². The Morgan fingerprint density at radius 1 is 1.05 bits per heavy atom. The summed E-state index contributed by atoms with van der Waals surface area (Å²) in [7, 11) is 0. The number of hydrogen-bond donors (Lipinski definition) is 3. The van der Waals surface area contributed by atoms with Crippen LogP contribution < -0.4 is 11.1 Å². The van der Waals surface area contributed by atoms with Gasteiger partial charge in [-0.25, -0.2) is 0 Å². The Labute approximate surface area is 245 Å². The number of H-pyrrole nitrogens is 1. The first-order valence-electron chi connectivity index (χ1n) is 13.2. The number of anilines is 1. The molecule has 0 bridgehead atoms. The van der Waals surface area contributed by atoms with Gasteiger partial charge in [-0.3, -0.25) is 14.4 Å². The van der Waals surface area contributed by atoms with Crippen molar-refractivity contribution in [3.8, 4) is 5.69 Å². The molecule has 1 aliphatic heterocycles. The van der Waals surface area contributed by atoms with Gasteiger partial charge in [-0.15, -0.1) is 5.10 Å². The lowest BCUT2D eigenvalue weighted by Gasteiger charge is -2.27. The van der Waals surface area contributed by atoms with Gasteiger partial charge in [0.05, 0.1) is 5.69 Å². The van der Waals surface area contributed by atoms with Crippen LogP contribution in [0.1, 0.15) is 34.0 Å². The Kier molecular flexibility index (Phi) is 7.24. The minimum atomic E-state index is -0.758. The molecule has 0 saturated carbocycles. The number of nitrogens with zero attached hydrogens (tertiary/aromatic N) is 5. The first kappa shape index (κ1) is 26.9. The molecular formula is C30H25ClN8O3. The molecule has 0 aliphatic carbocycles. The van der Waals surface area contributed by atoms with Crippen LogP contribution in [0.4, 0.5) is 5.69 Å². The van der Waals surface area contributed by atoms with Crippen molar-refractivity contribution in [3.05, 3.63) is 107 Å². The monoisotopic (exact) mass is 580 g/mol. The summed E-state index contributed by atoms with van der Waals surface area (Å²) < 4.78 is 1.48. The number of hydrogen-bond acceptors (Lipinski definition) is 6. The molecule has 1 saturated heterocycles. The van der Waals surface area contributed by atoms with Gasteiger partial charge in [-0.2, -0.15) is 4.68 Å². The Morgan fingerprint density at radius 3 is 2.64 bits per heavy atom. The molecule has 3 amide bonds. The van der Waals surface area contributed by atoms with Gasteiger partial charge in [0.2, 0.25) is 11.8 Å². The number of primary amides is 1. The number of halogens is 1. The van der Waals surface area contributed by atoms with Crippen molar-refractivity contribution in [2.45, 2.75) is 18.4 Å². The highest BCUT2D eigenvalue weighted by Crippen LogP contribution is 2.35. The Morgan fingerprint density at radius 2 is 1.88 bits per heavy atom. The molecule has 12 heteroatoms. The van der Waals surface area contributed by atoms with Crippen LogP contribution in [0.5, 0.6) is 0 Å². The highest BCUT2D eigenvalue weighted by molar-refractivity contribution is 6.30. The molecule has 4 N–H and O–H groups in total. The number of aromatic nitrogens is 5. The fraction of sp³-hybridized carbons (Fsp3) is 0.133. The van der Waals surface area contributed by atoms with Gasteiger partial charge in [0.1, 0.15) is 18.1 Å². The normalized spacial score (nSPS) is 16.7. The van der Waals surface area contributed by atoms with E-state index in [0.717, 1.165) is 10.9 Å². The molecular weight excluding hydrogens is 556 g/mol. The van der Waals surface area contributed by atoms with E-state index in [4.69, 9.17) is 17.3 Å². The summed E-state index contributed by atoms with van der Waals surface area (Å²) in [6.45, 7) is 0.398. The zero-order valence-electron chi connectivity index (χ0n) is 22.1. The molecule has 2 aromatic heterocycles. The van der Waals surface area contributed by atoms with Gasteiger partial charge in [0.15, 0.2) is 0 Å². The smallest absolute Gasteiger partial charge is 0.265 e. The van der Waals surface area contributed by atoms with Gasteiger partial charge in [0, 0.05) is 45.7 Å². The maximum absolute atomic E-state index is 13.8. The van der Waals surface area contributed by atoms with Gasteiger partial charge in [-0.05, 0) is 71.0 Å². The van der Waals surface area contributed by atoms with Crippen LogP contribution in [-0.2, 0) is 9.59 Å². The van der Waals surface area contributed by atoms with E-state index in [2.05, 4.69) is 25.8 Å². The number of nitrogens with two attached hydrogens (primary N) is 1. The number of likely N-dealkylation sites (tertiary alicyclic amines) is 1. The second kappa shape index (κ2) is 11.3. The summed E-state index contributed by atoms with van der Waals surface area (Å²) in [6.07, 6.45) is 5.15. The molecule has 1 fully saturated rings. The van der Waals surface area contributed by atoms with Crippen LogP contribution in [-0.4, -0.2) is 60.4 Å². The van der Waals surface area contributed by atoms with Crippen LogP contribution in [0.15, 0.2) is 85.2 Å². The minimum Gasteiger partial charge on any atom is -0.364 e. The molecule has 6 rings (SSSR count). The topological polar surface area (TPSA) is 152 Å². The lowest BCUT2D eigenvalue weighted by atomic mass is 9.91. The quantitative estimate of drug-likeness (QED) is 0.248. The zero-order chi connectivity index (χ0) is 29.2. The molecule has 0 radical (unpaired) electrons.